The molecule has 0 atom stereocenters. The Balaban J connectivity index is 1.53. The molecule has 1 fully saturated rings. The van der Waals surface area contributed by atoms with Gasteiger partial charge in [0.1, 0.15) is 5.82 Å². The number of carbonyl (C=O) groups is 1. The van der Waals surface area contributed by atoms with Gasteiger partial charge in [0.25, 0.3) is 5.91 Å². The predicted molar refractivity (Wildman–Crippen MR) is 127 cm³/mol. The van der Waals surface area contributed by atoms with Gasteiger partial charge in [-0.2, -0.15) is 18.3 Å². The molecule has 1 aliphatic rings. The molecule has 3 N–H and O–H groups in total. The molecule has 0 spiro atoms. The summed E-state index contributed by atoms with van der Waals surface area (Å²) in [6.07, 6.45) is -2.98. The first kappa shape index (κ1) is 24.5. The third kappa shape index (κ3) is 6.07. The summed E-state index contributed by atoms with van der Waals surface area (Å²) >= 11 is 0. The number of aromatic amines is 1. The van der Waals surface area contributed by atoms with Crippen molar-refractivity contribution in [1.82, 2.24) is 20.5 Å². The van der Waals surface area contributed by atoms with Crippen LogP contribution in [0.2, 0.25) is 0 Å². The Hall–Kier alpha value is -3.67. The number of guanidine groups is 1. The number of alkyl halides is 3. The highest BCUT2D eigenvalue weighted by atomic mass is 19.4. The number of anilines is 2. The molecule has 1 saturated heterocycles. The lowest BCUT2D eigenvalue weighted by Gasteiger charge is -2.27. The molecule has 1 amide bonds. The number of halogens is 3. The van der Waals surface area contributed by atoms with E-state index in [1.54, 1.807) is 12.1 Å². The van der Waals surface area contributed by atoms with Gasteiger partial charge in [-0.1, -0.05) is 0 Å². The summed E-state index contributed by atoms with van der Waals surface area (Å²) in [5.41, 5.74) is -0.826. The minimum Gasteiger partial charge on any atom is -0.378 e. The molecule has 3 aromatic rings. The highest BCUT2D eigenvalue weighted by molar-refractivity contribution is 6.11. The van der Waals surface area contributed by atoms with Gasteiger partial charge in [0.2, 0.25) is 5.96 Å². The summed E-state index contributed by atoms with van der Waals surface area (Å²) in [6, 6.07) is 6.71. The van der Waals surface area contributed by atoms with Crippen molar-refractivity contribution >= 4 is 34.4 Å². The lowest BCUT2D eigenvalue weighted by Crippen LogP contribution is -2.38. The zero-order chi connectivity index (χ0) is 25.2. The molecular formula is C23H26F3N7O2. The Kier molecular flexibility index (Phi) is 6.66. The molecule has 35 heavy (non-hydrogen) atoms. The Morgan fingerprint density at radius 2 is 1.89 bits per heavy atom. The number of carbonyl (C=O) groups excluding carboxylic acids is 1. The van der Waals surface area contributed by atoms with Crippen molar-refractivity contribution in [1.29, 1.82) is 0 Å². The van der Waals surface area contributed by atoms with Crippen LogP contribution in [0.4, 0.5) is 24.8 Å². The third-order valence-corrected chi connectivity index (χ3v) is 5.15. The second-order valence-electron chi connectivity index (χ2n) is 9.05. The van der Waals surface area contributed by atoms with E-state index in [-0.39, 0.29) is 17.3 Å². The van der Waals surface area contributed by atoms with E-state index in [2.05, 4.69) is 35.7 Å². The lowest BCUT2D eigenvalue weighted by atomic mass is 10.1. The van der Waals surface area contributed by atoms with Crippen molar-refractivity contribution in [2.24, 2.45) is 4.99 Å². The van der Waals surface area contributed by atoms with E-state index in [0.29, 0.717) is 24.2 Å². The predicted octanol–water partition coefficient (Wildman–Crippen LogP) is 3.81. The third-order valence-electron chi connectivity index (χ3n) is 5.15. The highest BCUT2D eigenvalue weighted by Crippen LogP contribution is 2.32. The van der Waals surface area contributed by atoms with E-state index < -0.39 is 23.2 Å². The molecule has 3 heterocycles. The van der Waals surface area contributed by atoms with E-state index in [4.69, 9.17) is 4.74 Å². The van der Waals surface area contributed by atoms with Crippen LogP contribution in [0.3, 0.4) is 0 Å². The molecule has 4 rings (SSSR count). The summed E-state index contributed by atoms with van der Waals surface area (Å²) in [4.78, 5) is 23.9. The molecule has 0 radical (unpaired) electrons. The van der Waals surface area contributed by atoms with Gasteiger partial charge in [0.15, 0.2) is 5.82 Å². The quantitative estimate of drug-likeness (QED) is 0.382. The number of aromatic nitrogens is 3. The first-order valence-corrected chi connectivity index (χ1v) is 11.0. The minimum absolute atomic E-state index is 0.105. The number of hydrogen-bond donors (Lipinski definition) is 3. The molecule has 1 aliphatic heterocycles. The first-order valence-electron chi connectivity index (χ1n) is 11.0. The molecule has 0 unspecified atom stereocenters. The minimum atomic E-state index is -4.47. The maximum absolute atomic E-state index is 13.0. The number of nitrogens with zero attached hydrogens (tertiary/aromatic N) is 4. The number of morpholine rings is 1. The molecule has 9 nitrogen and oxygen atoms in total. The largest absolute Gasteiger partial charge is 0.416 e. The Bertz CT molecular complexity index is 1220. The highest BCUT2D eigenvalue weighted by Gasteiger charge is 2.31. The van der Waals surface area contributed by atoms with Crippen LogP contribution in [0.5, 0.6) is 0 Å². The van der Waals surface area contributed by atoms with Gasteiger partial charge in [-0.15, -0.1) is 0 Å². The van der Waals surface area contributed by atoms with Crippen molar-refractivity contribution in [3.05, 3.63) is 47.7 Å². The molecule has 0 aliphatic carbocycles. The Morgan fingerprint density at radius 3 is 2.51 bits per heavy atom. The van der Waals surface area contributed by atoms with Crippen LogP contribution >= 0.6 is 0 Å². The van der Waals surface area contributed by atoms with Crippen LogP contribution in [0.1, 0.15) is 36.7 Å². The van der Waals surface area contributed by atoms with Gasteiger partial charge in [-0.05, 0) is 51.1 Å². The first-order chi connectivity index (χ1) is 16.5. The van der Waals surface area contributed by atoms with Crippen molar-refractivity contribution in [2.75, 3.05) is 36.5 Å². The van der Waals surface area contributed by atoms with Crippen LogP contribution in [0, 0.1) is 0 Å². The molecule has 186 valence electrons. The monoisotopic (exact) mass is 489 g/mol. The number of benzene rings is 1. The molecule has 0 saturated carbocycles. The maximum Gasteiger partial charge on any atom is 0.416 e. The lowest BCUT2D eigenvalue weighted by molar-refractivity contribution is -0.137. The summed E-state index contributed by atoms with van der Waals surface area (Å²) < 4.78 is 44.4. The molecule has 1 aromatic carbocycles. The maximum atomic E-state index is 13.0. The SMILES string of the molecule is CC(C)(C)N=C(NC(=O)c1ccc(N2CCOCC2)nc1)Nc1n[nH]c2cc(C(F)(F)F)ccc12. The number of hydrogen-bond acceptors (Lipinski definition) is 6. The van der Waals surface area contributed by atoms with E-state index in [1.165, 1.54) is 12.3 Å². The van der Waals surface area contributed by atoms with Crippen molar-refractivity contribution < 1.29 is 22.7 Å². The molecule has 2 aromatic heterocycles. The van der Waals surface area contributed by atoms with Crippen LogP contribution < -0.4 is 15.5 Å². The molecular weight excluding hydrogens is 463 g/mol. The van der Waals surface area contributed by atoms with Gasteiger partial charge in [-0.3, -0.25) is 15.2 Å². The smallest absolute Gasteiger partial charge is 0.378 e. The zero-order valence-corrected chi connectivity index (χ0v) is 19.5. The zero-order valence-electron chi connectivity index (χ0n) is 19.5. The van der Waals surface area contributed by atoms with Crippen LogP contribution in [0.15, 0.2) is 41.5 Å². The van der Waals surface area contributed by atoms with Gasteiger partial charge in [0.05, 0.1) is 35.4 Å². The van der Waals surface area contributed by atoms with Crippen molar-refractivity contribution in [3.63, 3.8) is 0 Å². The number of aliphatic imine (C=N–C) groups is 1. The van der Waals surface area contributed by atoms with E-state index in [1.807, 2.05) is 20.8 Å². The van der Waals surface area contributed by atoms with Gasteiger partial charge in [0, 0.05) is 24.7 Å². The van der Waals surface area contributed by atoms with Crippen molar-refractivity contribution in [3.8, 4) is 0 Å². The average Bonchev–Trinajstić information content (AvgIpc) is 3.20. The second-order valence-corrected chi connectivity index (χ2v) is 9.05. The number of amides is 1. The Morgan fingerprint density at radius 1 is 1.14 bits per heavy atom. The number of pyridine rings is 1. The number of rotatable bonds is 3. The normalized spacial score (nSPS) is 15.4. The number of H-pyrrole nitrogens is 1. The summed E-state index contributed by atoms with van der Waals surface area (Å²) in [5.74, 6) is 0.652. The summed E-state index contributed by atoms with van der Waals surface area (Å²) in [7, 11) is 0. The van der Waals surface area contributed by atoms with Crippen molar-refractivity contribution in [2.45, 2.75) is 32.5 Å². The standard InChI is InChI=1S/C23H26F3N7O2/c1-22(2,3)30-21(28-19-16-6-5-15(23(24,25)26)12-17(16)31-32-19)29-20(34)14-4-7-18(27-13-14)33-8-10-35-11-9-33/h4-7,12-13H,8-11H2,1-3H3,(H3,28,29,30,31,32,34). The van der Waals surface area contributed by atoms with Crippen LogP contribution in [-0.2, 0) is 10.9 Å². The van der Waals surface area contributed by atoms with Gasteiger partial charge >= 0.3 is 6.18 Å². The number of ether oxygens (including phenoxy) is 1. The fraction of sp³-hybridized carbons (Fsp3) is 0.391. The second kappa shape index (κ2) is 9.53. The van der Waals surface area contributed by atoms with E-state index in [0.717, 1.165) is 31.0 Å². The van der Waals surface area contributed by atoms with Gasteiger partial charge in [-0.25, -0.2) is 9.98 Å². The van der Waals surface area contributed by atoms with Crippen LogP contribution in [0.25, 0.3) is 10.9 Å². The van der Waals surface area contributed by atoms with E-state index in [9.17, 15) is 18.0 Å². The van der Waals surface area contributed by atoms with E-state index >= 15 is 0 Å². The number of nitrogens with one attached hydrogen (secondary N) is 3. The van der Waals surface area contributed by atoms with Crippen LogP contribution in [-0.4, -0.2) is 58.9 Å². The molecule has 0 bridgehead atoms. The topological polar surface area (TPSA) is 108 Å². The van der Waals surface area contributed by atoms with Gasteiger partial charge < -0.3 is 15.0 Å². The summed E-state index contributed by atoms with van der Waals surface area (Å²) in [6.45, 7) is 8.25. The average molecular weight is 490 g/mol. The fourth-order valence-electron chi connectivity index (χ4n) is 3.51. The Labute approximate surface area is 199 Å². The number of fused-ring (bicyclic) bond motifs is 1. The molecule has 12 heteroatoms. The fourth-order valence-corrected chi connectivity index (χ4v) is 3.51. The summed E-state index contributed by atoms with van der Waals surface area (Å²) in [5, 5.41) is 12.7.